The molecule has 1 N–H and O–H groups in total. The third-order valence-electron chi connectivity index (χ3n) is 3.93. The molecule has 0 amide bonds. The summed E-state index contributed by atoms with van der Waals surface area (Å²) in [6.45, 7) is 0. The molecule has 4 rings (SSSR count). The first kappa shape index (κ1) is 13.6. The lowest BCUT2D eigenvalue weighted by molar-refractivity contribution is 0.413. The number of hydrogen-bond donors (Lipinski definition) is 1. The number of nitrogens with zero attached hydrogens (tertiary/aromatic N) is 3. The number of ether oxygens (including phenoxy) is 1. The van der Waals surface area contributed by atoms with Crippen molar-refractivity contribution in [3.63, 3.8) is 0 Å². The molecule has 1 aliphatic heterocycles. The lowest BCUT2D eigenvalue weighted by Crippen LogP contribution is -2.20. The highest BCUT2D eigenvalue weighted by Gasteiger charge is 2.23. The molecule has 0 saturated heterocycles. The average molecular weight is 304 g/mol. The minimum Gasteiger partial charge on any atom is -0.497 e. The highest BCUT2D eigenvalue weighted by Crippen LogP contribution is 2.32. The fourth-order valence-electron chi connectivity index (χ4n) is 2.78. The van der Waals surface area contributed by atoms with Gasteiger partial charge in [-0.25, -0.2) is 4.68 Å². The summed E-state index contributed by atoms with van der Waals surface area (Å²) in [6, 6.07) is 18.2. The minimum atomic E-state index is -0.0287. The molecular formula is C18H16N4O. The van der Waals surface area contributed by atoms with Crippen LogP contribution in [0.25, 0.3) is 5.70 Å². The molecule has 5 heteroatoms. The Kier molecular flexibility index (Phi) is 3.31. The fraction of sp³-hybridized carbons (Fsp3) is 0.111. The molecule has 1 unspecified atom stereocenters. The molecule has 1 atom stereocenters. The quantitative estimate of drug-likeness (QED) is 0.806. The van der Waals surface area contributed by atoms with E-state index in [0.717, 1.165) is 28.5 Å². The SMILES string of the molecule is COc1cccc(C2C=C(c3ccccc3)Nc3ncnn32)c1. The van der Waals surface area contributed by atoms with Gasteiger partial charge in [-0.3, -0.25) is 0 Å². The maximum Gasteiger partial charge on any atom is 0.226 e. The van der Waals surface area contributed by atoms with Crippen LogP contribution >= 0.6 is 0 Å². The van der Waals surface area contributed by atoms with Crippen LogP contribution in [0.5, 0.6) is 5.75 Å². The standard InChI is InChI=1S/C18H16N4O/c1-23-15-9-5-8-14(10-15)17-11-16(13-6-3-2-4-7-13)21-18-19-12-20-22(17)18/h2-12,17H,1H3,(H,19,20,21). The third kappa shape index (κ3) is 2.46. The highest BCUT2D eigenvalue weighted by molar-refractivity contribution is 5.77. The van der Waals surface area contributed by atoms with E-state index >= 15 is 0 Å². The second-order valence-electron chi connectivity index (χ2n) is 5.32. The largest absolute Gasteiger partial charge is 0.497 e. The van der Waals surface area contributed by atoms with Crippen LogP contribution in [0.15, 0.2) is 67.0 Å². The van der Waals surface area contributed by atoms with Crippen molar-refractivity contribution in [3.8, 4) is 5.75 Å². The van der Waals surface area contributed by atoms with Crippen LogP contribution in [0.1, 0.15) is 17.2 Å². The van der Waals surface area contributed by atoms with Crippen molar-refractivity contribution < 1.29 is 4.74 Å². The molecule has 2 heterocycles. The van der Waals surface area contributed by atoms with Crippen LogP contribution < -0.4 is 10.1 Å². The van der Waals surface area contributed by atoms with Crippen molar-refractivity contribution in [3.05, 3.63) is 78.1 Å². The van der Waals surface area contributed by atoms with Gasteiger partial charge in [0.05, 0.1) is 7.11 Å². The van der Waals surface area contributed by atoms with Gasteiger partial charge in [-0.05, 0) is 29.3 Å². The Morgan fingerprint density at radius 2 is 1.96 bits per heavy atom. The van der Waals surface area contributed by atoms with Gasteiger partial charge in [-0.15, -0.1) is 0 Å². The molecule has 3 aromatic rings. The van der Waals surface area contributed by atoms with E-state index < -0.39 is 0 Å². The van der Waals surface area contributed by atoms with Crippen LogP contribution in [-0.2, 0) is 0 Å². The lowest BCUT2D eigenvalue weighted by Gasteiger charge is -2.24. The van der Waals surface area contributed by atoms with E-state index in [1.165, 1.54) is 0 Å². The second kappa shape index (κ2) is 5.61. The second-order valence-corrected chi connectivity index (χ2v) is 5.32. The number of anilines is 1. The van der Waals surface area contributed by atoms with Gasteiger partial charge in [0, 0.05) is 5.70 Å². The Bertz CT molecular complexity index is 854. The zero-order chi connectivity index (χ0) is 15.6. The Labute approximate surface area is 134 Å². The number of allylic oxidation sites excluding steroid dienone is 1. The van der Waals surface area contributed by atoms with Gasteiger partial charge in [-0.2, -0.15) is 10.1 Å². The number of nitrogens with one attached hydrogen (secondary N) is 1. The topological polar surface area (TPSA) is 52.0 Å². The van der Waals surface area contributed by atoms with E-state index in [4.69, 9.17) is 4.74 Å². The highest BCUT2D eigenvalue weighted by atomic mass is 16.5. The summed E-state index contributed by atoms with van der Waals surface area (Å²) in [7, 11) is 1.67. The summed E-state index contributed by atoms with van der Waals surface area (Å²) in [5.41, 5.74) is 3.25. The third-order valence-corrected chi connectivity index (χ3v) is 3.93. The Hall–Kier alpha value is -3.08. The molecule has 0 radical (unpaired) electrons. The number of methoxy groups -OCH3 is 1. The molecule has 0 fully saturated rings. The van der Waals surface area contributed by atoms with Crippen LogP contribution in [0.3, 0.4) is 0 Å². The van der Waals surface area contributed by atoms with Crippen molar-refractivity contribution in [2.45, 2.75) is 6.04 Å². The monoisotopic (exact) mass is 304 g/mol. The van der Waals surface area contributed by atoms with Crippen LogP contribution in [0.4, 0.5) is 5.95 Å². The van der Waals surface area contributed by atoms with E-state index in [9.17, 15) is 0 Å². The van der Waals surface area contributed by atoms with Gasteiger partial charge in [-0.1, -0.05) is 42.5 Å². The smallest absolute Gasteiger partial charge is 0.226 e. The van der Waals surface area contributed by atoms with E-state index in [-0.39, 0.29) is 6.04 Å². The van der Waals surface area contributed by atoms with Crippen molar-refractivity contribution in [2.75, 3.05) is 12.4 Å². The average Bonchev–Trinajstić information content (AvgIpc) is 3.10. The summed E-state index contributed by atoms with van der Waals surface area (Å²) in [6.07, 6.45) is 3.73. The van der Waals surface area contributed by atoms with E-state index in [1.54, 1.807) is 13.4 Å². The number of hydrogen-bond acceptors (Lipinski definition) is 4. The number of benzene rings is 2. The minimum absolute atomic E-state index is 0.0287. The predicted octanol–water partition coefficient (Wildman–Crippen LogP) is 3.34. The maximum absolute atomic E-state index is 5.34. The summed E-state index contributed by atoms with van der Waals surface area (Å²) in [5, 5.41) is 7.70. The molecule has 1 aromatic heterocycles. The van der Waals surface area contributed by atoms with Crippen molar-refractivity contribution >= 4 is 11.6 Å². The Balaban J connectivity index is 1.82. The van der Waals surface area contributed by atoms with Gasteiger partial charge in [0.25, 0.3) is 0 Å². The van der Waals surface area contributed by atoms with Crippen molar-refractivity contribution in [1.29, 1.82) is 0 Å². The number of fused-ring (bicyclic) bond motifs is 1. The summed E-state index contributed by atoms with van der Waals surface area (Å²) in [5.74, 6) is 1.57. The Morgan fingerprint density at radius 1 is 1.09 bits per heavy atom. The molecule has 0 spiro atoms. The van der Waals surface area contributed by atoms with Gasteiger partial charge >= 0.3 is 0 Å². The molecule has 23 heavy (non-hydrogen) atoms. The normalized spacial score (nSPS) is 16.2. The number of aromatic nitrogens is 3. The van der Waals surface area contributed by atoms with E-state index in [0.29, 0.717) is 0 Å². The molecule has 2 aromatic carbocycles. The zero-order valence-corrected chi connectivity index (χ0v) is 12.7. The van der Waals surface area contributed by atoms with Gasteiger partial charge < -0.3 is 10.1 Å². The van der Waals surface area contributed by atoms with Crippen molar-refractivity contribution in [1.82, 2.24) is 14.8 Å². The lowest BCUT2D eigenvalue weighted by atomic mass is 10.0. The van der Waals surface area contributed by atoms with Gasteiger partial charge in [0.1, 0.15) is 18.1 Å². The molecule has 5 nitrogen and oxygen atoms in total. The van der Waals surface area contributed by atoms with Gasteiger partial charge in [0.15, 0.2) is 0 Å². The molecule has 1 aliphatic rings. The van der Waals surface area contributed by atoms with E-state index in [1.807, 2.05) is 41.1 Å². The van der Waals surface area contributed by atoms with Crippen LogP contribution in [-0.4, -0.2) is 21.9 Å². The molecular weight excluding hydrogens is 288 g/mol. The Morgan fingerprint density at radius 3 is 2.78 bits per heavy atom. The fourth-order valence-corrected chi connectivity index (χ4v) is 2.78. The summed E-state index contributed by atoms with van der Waals surface area (Å²) in [4.78, 5) is 4.32. The molecule has 0 saturated carbocycles. The summed E-state index contributed by atoms with van der Waals surface area (Å²) >= 11 is 0. The molecule has 0 aliphatic carbocycles. The summed E-state index contributed by atoms with van der Waals surface area (Å²) < 4.78 is 7.22. The zero-order valence-electron chi connectivity index (χ0n) is 12.7. The van der Waals surface area contributed by atoms with Crippen molar-refractivity contribution in [2.24, 2.45) is 0 Å². The van der Waals surface area contributed by atoms with E-state index in [2.05, 4.69) is 39.7 Å². The van der Waals surface area contributed by atoms with Crippen LogP contribution in [0.2, 0.25) is 0 Å². The predicted molar refractivity (Wildman–Crippen MR) is 89.2 cm³/mol. The molecule has 114 valence electrons. The number of rotatable bonds is 3. The first-order chi connectivity index (χ1) is 11.3. The maximum atomic E-state index is 5.34. The van der Waals surface area contributed by atoms with Crippen LogP contribution in [0, 0.1) is 0 Å². The molecule has 0 bridgehead atoms. The first-order valence-corrected chi connectivity index (χ1v) is 7.43. The van der Waals surface area contributed by atoms with Gasteiger partial charge in [0.2, 0.25) is 5.95 Å². The first-order valence-electron chi connectivity index (χ1n) is 7.43.